The van der Waals surface area contributed by atoms with Crippen LogP contribution in [-0.4, -0.2) is 15.0 Å². The molecule has 0 fully saturated rings. The number of aromatic nitrogens is 3. The first kappa shape index (κ1) is 42.7. The number of hydrogen-bond acceptors (Lipinski definition) is 4. The van der Waals surface area contributed by atoms with Gasteiger partial charge in [-0.15, -0.1) is 0 Å². The summed E-state index contributed by atoms with van der Waals surface area (Å²) in [6, 6.07) is 58.6. The predicted octanol–water partition coefficient (Wildman–Crippen LogP) is 16.2. The Morgan fingerprint density at radius 2 is 0.662 bits per heavy atom. The normalized spacial score (nSPS) is 19.4. The van der Waals surface area contributed by atoms with Gasteiger partial charge in [0, 0.05) is 22.4 Å². The van der Waals surface area contributed by atoms with Gasteiger partial charge in [0.2, 0.25) is 0 Å². The van der Waals surface area contributed by atoms with E-state index in [0.29, 0.717) is 17.5 Å². The molecule has 0 N–H and O–H groups in total. The summed E-state index contributed by atoms with van der Waals surface area (Å²) < 4.78 is 0. The summed E-state index contributed by atoms with van der Waals surface area (Å²) in [7, 11) is 0. The molecule has 0 amide bonds. The lowest BCUT2D eigenvalue weighted by atomic mass is 9.59. The molecule has 338 valence electrons. The summed E-state index contributed by atoms with van der Waals surface area (Å²) in [5.41, 5.74) is 19.0. The topological polar surface area (TPSA) is 41.9 Å². The van der Waals surface area contributed by atoms with Crippen LogP contribution in [-0.2, 0) is 27.1 Å². The molecule has 7 aromatic carbocycles. The van der Waals surface area contributed by atoms with Crippen molar-refractivity contribution in [2.24, 2.45) is 10.8 Å². The Morgan fingerprint density at radius 3 is 1.09 bits per heavy atom. The highest BCUT2D eigenvalue weighted by molar-refractivity contribution is 5.97. The first-order valence-corrected chi connectivity index (χ1v) is 24.6. The van der Waals surface area contributed by atoms with Crippen molar-refractivity contribution in [2.75, 3.05) is 4.90 Å². The number of fused-ring (bicyclic) bond motifs is 11. The molecule has 1 spiro atoms. The highest BCUT2D eigenvalue weighted by Gasteiger charge is 2.62. The van der Waals surface area contributed by atoms with Gasteiger partial charge in [-0.1, -0.05) is 217 Å². The van der Waals surface area contributed by atoms with Gasteiger partial charge in [-0.05, 0) is 112 Å². The molecule has 0 bridgehead atoms. The number of rotatable bonds is 4. The van der Waals surface area contributed by atoms with Crippen molar-refractivity contribution < 1.29 is 0 Å². The van der Waals surface area contributed by atoms with Crippen molar-refractivity contribution in [1.82, 2.24) is 15.0 Å². The Labute approximate surface area is 403 Å². The van der Waals surface area contributed by atoms with E-state index in [4.69, 9.17) is 15.0 Å². The van der Waals surface area contributed by atoms with Crippen LogP contribution in [0.25, 0.3) is 45.3 Å². The van der Waals surface area contributed by atoms with E-state index >= 15 is 0 Å². The molecule has 1 aliphatic heterocycles. The van der Waals surface area contributed by atoms with Crippen LogP contribution in [0.2, 0.25) is 0 Å². The van der Waals surface area contributed by atoms with Crippen LogP contribution in [0.4, 0.5) is 17.1 Å². The zero-order valence-corrected chi connectivity index (χ0v) is 41.8. The van der Waals surface area contributed by atoms with Crippen LogP contribution in [0, 0.1) is 10.8 Å². The van der Waals surface area contributed by atoms with Crippen LogP contribution in [0.15, 0.2) is 158 Å². The molecule has 4 heteroatoms. The van der Waals surface area contributed by atoms with Crippen molar-refractivity contribution in [2.45, 2.75) is 110 Å². The summed E-state index contributed by atoms with van der Waals surface area (Å²) in [6.45, 7) is 29.7. The Balaban J connectivity index is 1.20. The van der Waals surface area contributed by atoms with Crippen LogP contribution in [0.3, 0.4) is 0 Å². The third-order valence-electron chi connectivity index (χ3n) is 19.5. The minimum atomic E-state index is -0.584. The third-order valence-corrected chi connectivity index (χ3v) is 19.5. The quantitative estimate of drug-likeness (QED) is 0.177. The van der Waals surface area contributed by atoms with Gasteiger partial charge in [0.25, 0.3) is 0 Å². The van der Waals surface area contributed by atoms with Gasteiger partial charge in [-0.25, -0.2) is 15.0 Å². The monoisotopic (exact) mass is 886 g/mol. The molecule has 0 saturated carbocycles. The maximum atomic E-state index is 5.24. The van der Waals surface area contributed by atoms with Gasteiger partial charge in [0.1, 0.15) is 0 Å². The maximum absolute atomic E-state index is 5.24. The summed E-state index contributed by atoms with van der Waals surface area (Å²) >= 11 is 0. The summed E-state index contributed by atoms with van der Waals surface area (Å²) in [5.74, 6) is 1.95. The maximum Gasteiger partial charge on any atom is 0.164 e. The minimum Gasteiger partial charge on any atom is -0.310 e. The fourth-order valence-electron chi connectivity index (χ4n) is 13.2. The van der Waals surface area contributed by atoms with E-state index in [0.717, 1.165) is 22.4 Å². The molecule has 4 aliphatic rings. The van der Waals surface area contributed by atoms with Crippen molar-refractivity contribution in [3.05, 3.63) is 202 Å². The Hall–Kier alpha value is -6.65. The molecule has 0 saturated heterocycles. The third kappa shape index (κ3) is 5.19. The fourth-order valence-corrected chi connectivity index (χ4v) is 13.2. The second-order valence-corrected chi connectivity index (χ2v) is 23.3. The van der Waals surface area contributed by atoms with E-state index in [9.17, 15) is 0 Å². The van der Waals surface area contributed by atoms with Crippen molar-refractivity contribution in [3.63, 3.8) is 0 Å². The van der Waals surface area contributed by atoms with Crippen LogP contribution >= 0.6 is 0 Å². The van der Waals surface area contributed by atoms with Crippen LogP contribution < -0.4 is 4.90 Å². The summed E-state index contributed by atoms with van der Waals surface area (Å²) in [6.07, 6.45) is 0. The number of benzene rings is 7. The smallest absolute Gasteiger partial charge is 0.164 e. The molecule has 68 heavy (non-hydrogen) atoms. The average molecular weight is 887 g/mol. The standard InChI is InChI=1S/C64H62N4/c1-58(2)47-35-51-53(37-49(47)60(5,6)62(58,9)10)68(42-29-23-28-41(34-42)57-66-55(39-24-15-13-16-25-39)65-56(67-57)40-26-17-14-18-27-40)54-38-50-48(59(3,4)63(11,12)61(50,7)8)36-52(54)64(51)45-32-21-19-30-43(45)44-31-20-22-33-46(44)64/h13-38H,1-12H3. The lowest BCUT2D eigenvalue weighted by molar-refractivity contribution is 0.125. The first-order chi connectivity index (χ1) is 32.3. The minimum absolute atomic E-state index is 0.0328. The van der Waals surface area contributed by atoms with E-state index in [1.165, 1.54) is 67.0 Å². The fraction of sp³-hybridized carbons (Fsp3) is 0.297. The molecule has 0 radical (unpaired) electrons. The van der Waals surface area contributed by atoms with E-state index < -0.39 is 5.41 Å². The molecule has 4 nitrogen and oxygen atoms in total. The van der Waals surface area contributed by atoms with Gasteiger partial charge in [-0.2, -0.15) is 0 Å². The number of hydrogen-bond donors (Lipinski definition) is 0. The Bertz CT molecular complexity index is 3200. The molecular formula is C64H62N4. The molecule has 12 rings (SSSR count). The van der Waals surface area contributed by atoms with Gasteiger partial charge in [-0.3, -0.25) is 0 Å². The van der Waals surface area contributed by atoms with Crippen molar-refractivity contribution in [3.8, 4) is 45.3 Å². The molecule has 0 atom stereocenters. The van der Waals surface area contributed by atoms with E-state index in [2.05, 4.69) is 209 Å². The van der Waals surface area contributed by atoms with E-state index in [1.807, 2.05) is 36.4 Å². The van der Waals surface area contributed by atoms with Gasteiger partial charge in [0.15, 0.2) is 17.5 Å². The highest BCUT2D eigenvalue weighted by atomic mass is 15.2. The number of nitrogens with zero attached hydrogens (tertiary/aromatic N) is 4. The summed E-state index contributed by atoms with van der Waals surface area (Å²) in [5, 5.41) is 0. The molecule has 8 aromatic rings. The zero-order chi connectivity index (χ0) is 47.6. The van der Waals surface area contributed by atoms with Crippen molar-refractivity contribution in [1.29, 1.82) is 0 Å². The van der Waals surface area contributed by atoms with Gasteiger partial charge < -0.3 is 4.90 Å². The second-order valence-electron chi connectivity index (χ2n) is 23.3. The molecule has 1 aromatic heterocycles. The zero-order valence-electron chi connectivity index (χ0n) is 41.8. The van der Waals surface area contributed by atoms with Crippen molar-refractivity contribution >= 4 is 17.1 Å². The molecule has 0 unspecified atom stereocenters. The lowest BCUT2D eigenvalue weighted by Crippen LogP contribution is -2.42. The SMILES string of the molecule is CC1(C)c2cc3c(cc2C(C)(C)C1(C)C)C1(c2ccccc2-c2ccccc21)c1cc2c(cc1N3c1cccc(-c3nc(-c4ccccc4)nc(-c4ccccc4)n3)c1)C(C)(C)C(C)(C)C2(C)C. The van der Waals surface area contributed by atoms with E-state index in [-0.39, 0.29) is 32.5 Å². The Kier molecular flexibility index (Phi) is 8.63. The predicted molar refractivity (Wildman–Crippen MR) is 281 cm³/mol. The highest BCUT2D eigenvalue weighted by Crippen LogP contribution is 2.70. The Morgan fingerprint density at radius 1 is 0.309 bits per heavy atom. The number of anilines is 3. The molecular weight excluding hydrogens is 825 g/mol. The average Bonchev–Trinajstić information content (AvgIpc) is 3.72. The first-order valence-electron chi connectivity index (χ1n) is 24.6. The van der Waals surface area contributed by atoms with Crippen LogP contribution in [0.1, 0.15) is 128 Å². The molecule has 3 aliphatic carbocycles. The summed E-state index contributed by atoms with van der Waals surface area (Å²) in [4.78, 5) is 18.1. The van der Waals surface area contributed by atoms with Gasteiger partial charge >= 0.3 is 0 Å². The lowest BCUT2D eigenvalue weighted by Gasteiger charge is -2.46. The van der Waals surface area contributed by atoms with Gasteiger partial charge in [0.05, 0.1) is 16.8 Å². The largest absolute Gasteiger partial charge is 0.310 e. The van der Waals surface area contributed by atoms with Crippen LogP contribution in [0.5, 0.6) is 0 Å². The van der Waals surface area contributed by atoms with E-state index in [1.54, 1.807) is 0 Å². The molecule has 2 heterocycles. The second kappa shape index (κ2) is 13.7.